The van der Waals surface area contributed by atoms with E-state index in [0.29, 0.717) is 17.7 Å². The normalized spacial score (nSPS) is 14.5. The average molecular weight is 429 g/mol. The maximum Gasteiger partial charge on any atom is 0.244 e. The Hall–Kier alpha value is -2.80. The molecule has 1 aromatic carbocycles. The number of carbonyl (C=O) groups is 1. The number of guanidine groups is 1. The van der Waals surface area contributed by atoms with E-state index >= 15 is 0 Å². The predicted octanol–water partition coefficient (Wildman–Crippen LogP) is 2.18. The fourth-order valence-corrected chi connectivity index (χ4v) is 3.43. The zero-order chi connectivity index (χ0) is 21.2. The van der Waals surface area contributed by atoms with E-state index in [1.54, 1.807) is 12.3 Å². The summed E-state index contributed by atoms with van der Waals surface area (Å²) in [7, 11) is 0. The number of nitrogens with zero attached hydrogens (tertiary/aromatic N) is 4. The number of nitrogens with one attached hydrogen (secondary N) is 2. The molecule has 0 saturated carbocycles. The molecule has 1 aliphatic rings. The minimum atomic E-state index is 0.0572. The Morgan fingerprint density at radius 2 is 1.87 bits per heavy atom. The van der Waals surface area contributed by atoms with Gasteiger partial charge in [-0.1, -0.05) is 35.9 Å². The molecule has 0 unspecified atom stereocenters. The molecule has 8 heteroatoms. The molecule has 1 amide bonds. The van der Waals surface area contributed by atoms with Crippen LogP contribution in [0.1, 0.15) is 12.5 Å². The van der Waals surface area contributed by atoms with E-state index in [1.807, 2.05) is 36.1 Å². The molecule has 0 atom stereocenters. The quantitative estimate of drug-likeness (QED) is 0.402. The molecule has 2 aromatic rings. The molecule has 0 radical (unpaired) electrons. The molecule has 3 rings (SSSR count). The number of pyridine rings is 1. The van der Waals surface area contributed by atoms with Crippen molar-refractivity contribution >= 4 is 29.2 Å². The summed E-state index contributed by atoms with van der Waals surface area (Å²) in [6.45, 7) is 6.69. The van der Waals surface area contributed by atoms with Crippen LogP contribution in [0.3, 0.4) is 0 Å². The van der Waals surface area contributed by atoms with Gasteiger partial charge in [-0.2, -0.15) is 0 Å². The van der Waals surface area contributed by atoms with Crippen LogP contribution in [0.4, 0.5) is 5.69 Å². The van der Waals surface area contributed by atoms with E-state index in [-0.39, 0.29) is 12.5 Å². The second kappa shape index (κ2) is 11.4. The second-order valence-corrected chi connectivity index (χ2v) is 7.45. The summed E-state index contributed by atoms with van der Waals surface area (Å²) in [5.41, 5.74) is 2.30. The highest BCUT2D eigenvalue weighted by Crippen LogP contribution is 2.15. The minimum absolute atomic E-state index is 0.0572. The summed E-state index contributed by atoms with van der Waals surface area (Å²) in [5.74, 6) is 0.706. The summed E-state index contributed by atoms with van der Waals surface area (Å²) in [4.78, 5) is 25.4. The summed E-state index contributed by atoms with van der Waals surface area (Å²) < 4.78 is 0. The molecule has 160 valence electrons. The summed E-state index contributed by atoms with van der Waals surface area (Å²) in [6, 6.07) is 14.1. The lowest BCUT2D eigenvalue weighted by Crippen LogP contribution is -2.49. The highest BCUT2D eigenvalue weighted by Gasteiger charge is 2.20. The molecule has 2 N–H and O–H groups in total. The van der Waals surface area contributed by atoms with Gasteiger partial charge in [-0.25, -0.2) is 9.98 Å². The van der Waals surface area contributed by atoms with E-state index in [1.165, 1.54) is 5.69 Å². The molecule has 7 nitrogen and oxygen atoms in total. The first kappa shape index (κ1) is 21.9. The van der Waals surface area contributed by atoms with Gasteiger partial charge in [0, 0.05) is 51.2 Å². The molecular weight excluding hydrogens is 400 g/mol. The molecular formula is C22H29ClN6O. The molecule has 0 bridgehead atoms. The Kier molecular flexibility index (Phi) is 8.32. The van der Waals surface area contributed by atoms with Gasteiger partial charge in [-0.15, -0.1) is 0 Å². The number of amides is 1. The number of hydrogen-bond acceptors (Lipinski definition) is 4. The Labute approximate surface area is 183 Å². The number of aliphatic imine (C=N–C) groups is 1. The van der Waals surface area contributed by atoms with E-state index in [4.69, 9.17) is 11.6 Å². The van der Waals surface area contributed by atoms with Crippen LogP contribution in [-0.2, 0) is 11.2 Å². The van der Waals surface area contributed by atoms with Crippen LogP contribution < -0.4 is 15.5 Å². The van der Waals surface area contributed by atoms with Gasteiger partial charge >= 0.3 is 0 Å². The third-order valence-electron chi connectivity index (χ3n) is 4.97. The number of aromatic nitrogens is 1. The van der Waals surface area contributed by atoms with Crippen molar-refractivity contribution in [2.75, 3.05) is 50.7 Å². The molecule has 0 spiro atoms. The van der Waals surface area contributed by atoms with Gasteiger partial charge in [0.1, 0.15) is 11.7 Å². The van der Waals surface area contributed by atoms with E-state index in [9.17, 15) is 4.79 Å². The first-order chi connectivity index (χ1) is 14.7. The van der Waals surface area contributed by atoms with E-state index in [0.717, 1.165) is 44.7 Å². The summed E-state index contributed by atoms with van der Waals surface area (Å²) in [6.07, 6.45) is 2.57. The Morgan fingerprint density at radius 1 is 1.10 bits per heavy atom. The van der Waals surface area contributed by atoms with Crippen LogP contribution in [0.5, 0.6) is 0 Å². The number of carbonyl (C=O) groups excluding carboxylic acids is 1. The second-order valence-electron chi connectivity index (χ2n) is 7.06. The third kappa shape index (κ3) is 6.62. The fourth-order valence-electron chi connectivity index (χ4n) is 3.32. The van der Waals surface area contributed by atoms with E-state index in [2.05, 4.69) is 37.6 Å². The number of para-hydroxylation sites is 1. The molecule has 2 heterocycles. The van der Waals surface area contributed by atoms with Gasteiger partial charge in [-0.3, -0.25) is 4.79 Å². The lowest BCUT2D eigenvalue weighted by atomic mass is 10.2. The predicted molar refractivity (Wildman–Crippen MR) is 122 cm³/mol. The molecule has 1 aliphatic heterocycles. The van der Waals surface area contributed by atoms with Crippen molar-refractivity contribution in [3.05, 3.63) is 59.4 Å². The van der Waals surface area contributed by atoms with Crippen LogP contribution in [0, 0.1) is 0 Å². The number of anilines is 1. The van der Waals surface area contributed by atoms with Crippen molar-refractivity contribution in [2.45, 2.75) is 13.3 Å². The van der Waals surface area contributed by atoms with Crippen molar-refractivity contribution in [2.24, 2.45) is 4.99 Å². The Balaban J connectivity index is 1.44. The van der Waals surface area contributed by atoms with Crippen LogP contribution in [-0.4, -0.2) is 67.6 Å². The SMILES string of the molecule is CCNC(=NCC(=O)N1CCN(c2ccccc2)CC1)NCCc1ccc(Cl)nc1. The summed E-state index contributed by atoms with van der Waals surface area (Å²) >= 11 is 5.82. The van der Waals surface area contributed by atoms with Gasteiger partial charge < -0.3 is 20.4 Å². The maximum absolute atomic E-state index is 12.6. The number of hydrogen-bond donors (Lipinski definition) is 2. The topological polar surface area (TPSA) is 72.9 Å². The van der Waals surface area contributed by atoms with Crippen LogP contribution in [0.2, 0.25) is 5.15 Å². The van der Waals surface area contributed by atoms with Crippen molar-refractivity contribution < 1.29 is 4.79 Å². The molecule has 0 aliphatic carbocycles. The van der Waals surface area contributed by atoms with Gasteiger partial charge in [-0.05, 0) is 37.1 Å². The van der Waals surface area contributed by atoms with Gasteiger partial charge in [0.05, 0.1) is 0 Å². The number of piperazine rings is 1. The monoisotopic (exact) mass is 428 g/mol. The smallest absolute Gasteiger partial charge is 0.244 e. The first-order valence-corrected chi connectivity index (χ1v) is 10.7. The lowest BCUT2D eigenvalue weighted by molar-refractivity contribution is -0.129. The molecule has 1 aromatic heterocycles. The molecule has 1 saturated heterocycles. The minimum Gasteiger partial charge on any atom is -0.368 e. The molecule has 1 fully saturated rings. The Morgan fingerprint density at radius 3 is 2.53 bits per heavy atom. The zero-order valence-corrected chi connectivity index (χ0v) is 18.1. The fraction of sp³-hybridized carbons (Fsp3) is 0.409. The zero-order valence-electron chi connectivity index (χ0n) is 17.4. The maximum atomic E-state index is 12.6. The third-order valence-corrected chi connectivity index (χ3v) is 5.19. The van der Waals surface area contributed by atoms with Crippen molar-refractivity contribution in [3.8, 4) is 0 Å². The highest BCUT2D eigenvalue weighted by atomic mass is 35.5. The van der Waals surface area contributed by atoms with Gasteiger partial charge in [0.2, 0.25) is 5.91 Å². The van der Waals surface area contributed by atoms with Crippen molar-refractivity contribution in [1.82, 2.24) is 20.5 Å². The first-order valence-electron chi connectivity index (χ1n) is 10.4. The van der Waals surface area contributed by atoms with Crippen LogP contribution >= 0.6 is 11.6 Å². The highest BCUT2D eigenvalue weighted by molar-refractivity contribution is 6.29. The number of halogens is 1. The number of rotatable bonds is 7. The van der Waals surface area contributed by atoms with Crippen LogP contribution in [0.15, 0.2) is 53.7 Å². The standard InChI is InChI=1S/C22H29ClN6O/c1-2-24-22(25-11-10-18-8-9-20(23)26-16-18)27-17-21(30)29-14-12-28(13-15-29)19-6-4-3-5-7-19/h3-9,16H,2,10-15,17H2,1H3,(H2,24,25,27). The van der Waals surface area contributed by atoms with Crippen molar-refractivity contribution in [3.63, 3.8) is 0 Å². The average Bonchev–Trinajstić information content (AvgIpc) is 2.79. The Bertz CT molecular complexity index is 819. The number of benzene rings is 1. The van der Waals surface area contributed by atoms with Gasteiger partial charge in [0.25, 0.3) is 0 Å². The van der Waals surface area contributed by atoms with Crippen molar-refractivity contribution in [1.29, 1.82) is 0 Å². The largest absolute Gasteiger partial charge is 0.368 e. The lowest BCUT2D eigenvalue weighted by Gasteiger charge is -2.36. The summed E-state index contributed by atoms with van der Waals surface area (Å²) in [5, 5.41) is 6.95. The van der Waals surface area contributed by atoms with Gasteiger partial charge in [0.15, 0.2) is 5.96 Å². The van der Waals surface area contributed by atoms with E-state index < -0.39 is 0 Å². The molecule has 30 heavy (non-hydrogen) atoms. The van der Waals surface area contributed by atoms with Crippen LogP contribution in [0.25, 0.3) is 0 Å².